The molecular formula is C15H27NO5S. The molecule has 0 aromatic heterocycles. The van der Waals surface area contributed by atoms with Crippen molar-refractivity contribution < 1.29 is 22.7 Å². The first-order chi connectivity index (χ1) is 10.1. The molecule has 0 aliphatic heterocycles. The Hall–Kier alpha value is -1.11. The van der Waals surface area contributed by atoms with E-state index in [0.29, 0.717) is 18.8 Å². The van der Waals surface area contributed by atoms with E-state index in [1.165, 1.54) is 27.9 Å². The molecule has 0 aromatic rings. The van der Waals surface area contributed by atoms with Gasteiger partial charge in [-0.05, 0) is 52.4 Å². The van der Waals surface area contributed by atoms with Crippen LogP contribution in [0.25, 0.3) is 0 Å². The van der Waals surface area contributed by atoms with Gasteiger partial charge >= 0.3 is 5.97 Å². The van der Waals surface area contributed by atoms with Gasteiger partial charge in [-0.15, -0.1) is 0 Å². The highest BCUT2D eigenvalue weighted by Crippen LogP contribution is 2.33. The van der Waals surface area contributed by atoms with Crippen molar-refractivity contribution in [1.29, 1.82) is 0 Å². The van der Waals surface area contributed by atoms with Gasteiger partial charge in [-0.1, -0.05) is 6.92 Å². The van der Waals surface area contributed by atoms with Gasteiger partial charge in [-0.3, -0.25) is 4.79 Å². The number of hydrogen-bond donors (Lipinski definition) is 1. The predicted octanol–water partition coefficient (Wildman–Crippen LogP) is 1.44. The molecule has 6 nitrogen and oxygen atoms in total. The molecule has 0 bridgehead atoms. The molecule has 1 aliphatic carbocycles. The lowest BCUT2D eigenvalue weighted by molar-refractivity contribution is -0.153. The van der Waals surface area contributed by atoms with Crippen LogP contribution in [-0.2, 0) is 24.2 Å². The average Bonchev–Trinajstić information content (AvgIpc) is 2.47. The van der Waals surface area contributed by atoms with E-state index in [4.69, 9.17) is 4.74 Å². The molecule has 1 atom stereocenters. The number of methoxy groups -OCH3 is 1. The molecule has 1 saturated carbocycles. The van der Waals surface area contributed by atoms with Crippen molar-refractivity contribution in [3.05, 3.63) is 0 Å². The Morgan fingerprint density at radius 3 is 2.09 bits per heavy atom. The second-order valence-corrected chi connectivity index (χ2v) is 9.35. The van der Waals surface area contributed by atoms with Crippen molar-refractivity contribution >= 4 is 21.7 Å². The molecule has 0 aromatic carbocycles. The Balaban J connectivity index is 2.96. The van der Waals surface area contributed by atoms with E-state index < -0.39 is 37.8 Å². The SMILES string of the molecule is COC(=O)C1(NC(=O)C(C)S(=O)(=O)C(C)C)CCC(C)CC1. The second-order valence-electron chi connectivity index (χ2n) is 6.53. The fourth-order valence-corrected chi connectivity index (χ4v) is 3.90. The van der Waals surface area contributed by atoms with Crippen molar-refractivity contribution in [2.24, 2.45) is 5.92 Å². The van der Waals surface area contributed by atoms with Crippen molar-refractivity contribution in [2.75, 3.05) is 7.11 Å². The first-order valence-corrected chi connectivity index (χ1v) is 9.31. The van der Waals surface area contributed by atoms with Crippen LogP contribution in [0.2, 0.25) is 0 Å². The number of carbonyl (C=O) groups is 2. The second kappa shape index (κ2) is 6.98. The number of nitrogens with one attached hydrogen (secondary N) is 1. The summed E-state index contributed by atoms with van der Waals surface area (Å²) in [4.78, 5) is 24.5. The summed E-state index contributed by atoms with van der Waals surface area (Å²) in [6.07, 6.45) is 2.53. The van der Waals surface area contributed by atoms with Gasteiger partial charge in [-0.25, -0.2) is 13.2 Å². The molecule has 1 N–H and O–H groups in total. The highest BCUT2D eigenvalue weighted by atomic mass is 32.2. The highest BCUT2D eigenvalue weighted by Gasteiger charge is 2.45. The van der Waals surface area contributed by atoms with Gasteiger partial charge in [0, 0.05) is 0 Å². The van der Waals surface area contributed by atoms with Crippen LogP contribution in [0.4, 0.5) is 0 Å². The van der Waals surface area contributed by atoms with Crippen LogP contribution in [0, 0.1) is 5.92 Å². The molecule has 1 rings (SSSR count). The molecule has 22 heavy (non-hydrogen) atoms. The van der Waals surface area contributed by atoms with Crippen LogP contribution in [0.1, 0.15) is 53.4 Å². The average molecular weight is 333 g/mol. The maximum atomic E-state index is 12.4. The van der Waals surface area contributed by atoms with Crippen LogP contribution in [-0.4, -0.2) is 43.4 Å². The number of esters is 1. The summed E-state index contributed by atoms with van der Waals surface area (Å²) in [6.45, 7) is 6.53. The van der Waals surface area contributed by atoms with Crippen molar-refractivity contribution in [2.45, 2.75) is 69.4 Å². The summed E-state index contributed by atoms with van der Waals surface area (Å²) in [5.74, 6) is -0.651. The van der Waals surface area contributed by atoms with Crippen LogP contribution in [0.3, 0.4) is 0 Å². The molecule has 128 valence electrons. The molecule has 0 heterocycles. The first kappa shape index (κ1) is 18.9. The molecule has 0 radical (unpaired) electrons. The number of ether oxygens (including phenoxy) is 1. The van der Waals surface area contributed by atoms with Crippen LogP contribution in [0.5, 0.6) is 0 Å². The molecule has 1 aliphatic rings. The van der Waals surface area contributed by atoms with Gasteiger partial charge in [0.15, 0.2) is 9.84 Å². The van der Waals surface area contributed by atoms with E-state index in [1.807, 2.05) is 0 Å². The third-order valence-corrected chi connectivity index (χ3v) is 7.10. The largest absolute Gasteiger partial charge is 0.467 e. The number of hydrogen-bond acceptors (Lipinski definition) is 5. The summed E-state index contributed by atoms with van der Waals surface area (Å²) in [5, 5.41) is 0.840. The lowest BCUT2D eigenvalue weighted by Gasteiger charge is -2.38. The summed E-state index contributed by atoms with van der Waals surface area (Å²) in [6, 6.07) is 0. The number of sulfone groups is 1. The first-order valence-electron chi connectivity index (χ1n) is 7.70. The van der Waals surface area contributed by atoms with Crippen molar-refractivity contribution in [3.63, 3.8) is 0 Å². The number of amides is 1. The minimum atomic E-state index is -3.56. The normalized spacial score (nSPS) is 27.3. The molecule has 1 fully saturated rings. The monoisotopic (exact) mass is 333 g/mol. The number of rotatable bonds is 5. The maximum Gasteiger partial charge on any atom is 0.331 e. The van der Waals surface area contributed by atoms with Crippen LogP contribution >= 0.6 is 0 Å². The smallest absolute Gasteiger partial charge is 0.331 e. The van der Waals surface area contributed by atoms with Gasteiger partial charge in [0.25, 0.3) is 0 Å². The summed E-state index contributed by atoms with van der Waals surface area (Å²) >= 11 is 0. The van der Waals surface area contributed by atoms with Gasteiger partial charge in [0.2, 0.25) is 5.91 Å². The Kier molecular flexibility index (Phi) is 6.01. The zero-order valence-electron chi connectivity index (χ0n) is 14.0. The summed E-state index contributed by atoms with van der Waals surface area (Å²) < 4.78 is 29.1. The zero-order valence-corrected chi connectivity index (χ0v) is 14.8. The Bertz CT molecular complexity index is 518. The van der Waals surface area contributed by atoms with E-state index in [9.17, 15) is 18.0 Å². The van der Waals surface area contributed by atoms with Crippen LogP contribution in [0.15, 0.2) is 0 Å². The molecule has 7 heteroatoms. The zero-order chi connectivity index (χ0) is 17.1. The van der Waals surface area contributed by atoms with E-state index in [0.717, 1.165) is 12.8 Å². The van der Waals surface area contributed by atoms with Gasteiger partial charge in [-0.2, -0.15) is 0 Å². The summed E-state index contributed by atoms with van der Waals surface area (Å²) in [5.41, 5.74) is -1.10. The van der Waals surface area contributed by atoms with Gasteiger partial charge < -0.3 is 10.1 Å². The lowest BCUT2D eigenvalue weighted by atomic mass is 9.77. The van der Waals surface area contributed by atoms with E-state index in [1.54, 1.807) is 0 Å². The molecule has 1 unspecified atom stereocenters. The minimum absolute atomic E-state index is 0.473. The van der Waals surface area contributed by atoms with E-state index in [2.05, 4.69) is 12.2 Å². The van der Waals surface area contributed by atoms with E-state index >= 15 is 0 Å². The number of carbonyl (C=O) groups excluding carboxylic acids is 2. The fourth-order valence-electron chi connectivity index (χ4n) is 2.73. The standard InChI is InChI=1S/C15H27NO5S/c1-10(2)22(19,20)12(4)13(17)16-15(14(18)21-5)8-6-11(3)7-9-15/h10-12H,6-9H2,1-5H3,(H,16,17). The lowest BCUT2D eigenvalue weighted by Crippen LogP contribution is -2.59. The van der Waals surface area contributed by atoms with Crippen molar-refractivity contribution in [1.82, 2.24) is 5.32 Å². The van der Waals surface area contributed by atoms with Gasteiger partial charge in [0.1, 0.15) is 10.8 Å². The van der Waals surface area contributed by atoms with Crippen LogP contribution < -0.4 is 5.32 Å². The third-order valence-electron chi connectivity index (χ3n) is 4.59. The molecular weight excluding hydrogens is 306 g/mol. The molecule has 0 saturated heterocycles. The summed E-state index contributed by atoms with van der Waals surface area (Å²) in [7, 11) is -2.28. The maximum absolute atomic E-state index is 12.4. The fraction of sp³-hybridized carbons (Fsp3) is 0.867. The highest BCUT2D eigenvalue weighted by molar-refractivity contribution is 7.93. The van der Waals surface area contributed by atoms with Gasteiger partial charge in [0.05, 0.1) is 12.4 Å². The minimum Gasteiger partial charge on any atom is -0.467 e. The third kappa shape index (κ3) is 3.80. The topological polar surface area (TPSA) is 89.5 Å². The van der Waals surface area contributed by atoms with Crippen molar-refractivity contribution in [3.8, 4) is 0 Å². The quantitative estimate of drug-likeness (QED) is 0.769. The Morgan fingerprint density at radius 1 is 1.18 bits per heavy atom. The Labute approximate surface area is 132 Å². The predicted molar refractivity (Wildman–Crippen MR) is 84.0 cm³/mol. The molecule has 1 amide bonds. The van der Waals surface area contributed by atoms with E-state index in [-0.39, 0.29) is 0 Å². The molecule has 0 spiro atoms. The Morgan fingerprint density at radius 2 is 1.68 bits per heavy atom.